The van der Waals surface area contributed by atoms with Crippen molar-refractivity contribution in [1.82, 2.24) is 10.6 Å². The predicted molar refractivity (Wildman–Crippen MR) is 143 cm³/mol. The lowest BCUT2D eigenvalue weighted by molar-refractivity contribution is -0.120. The SMILES string of the molecule is CC(C)(Cc1cccc(CC(=O)NCc2cccc(-c3ccccc3)c2O)c1)NC(=O)OC(C)(C)C. The Morgan fingerprint density at radius 1 is 0.861 bits per heavy atom. The Bertz CT molecular complexity index is 1200. The maximum atomic E-state index is 12.7. The second kappa shape index (κ2) is 11.3. The number of carbonyl (C=O) groups is 2. The lowest BCUT2D eigenvalue weighted by Crippen LogP contribution is -2.47. The largest absolute Gasteiger partial charge is 0.507 e. The van der Waals surface area contributed by atoms with Crippen molar-refractivity contribution in [2.24, 2.45) is 0 Å². The highest BCUT2D eigenvalue weighted by molar-refractivity contribution is 5.79. The van der Waals surface area contributed by atoms with Crippen molar-refractivity contribution in [3.05, 3.63) is 89.5 Å². The molecule has 0 saturated carbocycles. The summed E-state index contributed by atoms with van der Waals surface area (Å²) in [4.78, 5) is 24.8. The summed E-state index contributed by atoms with van der Waals surface area (Å²) in [6, 6.07) is 23.0. The number of carbonyl (C=O) groups excluding carboxylic acids is 2. The van der Waals surface area contributed by atoms with E-state index in [4.69, 9.17) is 4.74 Å². The van der Waals surface area contributed by atoms with Gasteiger partial charge in [0.1, 0.15) is 11.4 Å². The van der Waals surface area contributed by atoms with Crippen molar-refractivity contribution in [2.45, 2.75) is 65.1 Å². The van der Waals surface area contributed by atoms with Crippen LogP contribution in [-0.2, 0) is 28.9 Å². The van der Waals surface area contributed by atoms with Gasteiger partial charge in [-0.2, -0.15) is 0 Å². The summed E-state index contributed by atoms with van der Waals surface area (Å²) in [6.07, 6.45) is 0.344. The number of alkyl carbamates (subject to hydrolysis) is 1. The molecule has 0 radical (unpaired) electrons. The molecule has 36 heavy (non-hydrogen) atoms. The third kappa shape index (κ3) is 8.15. The molecule has 3 rings (SSSR count). The second-order valence-corrected chi connectivity index (χ2v) is 10.6. The average molecular weight is 489 g/mol. The normalized spacial score (nSPS) is 11.6. The smallest absolute Gasteiger partial charge is 0.408 e. The lowest BCUT2D eigenvalue weighted by atomic mass is 9.93. The Morgan fingerprint density at radius 3 is 2.22 bits per heavy atom. The molecule has 0 aromatic heterocycles. The van der Waals surface area contributed by atoms with Crippen LogP contribution in [0.25, 0.3) is 11.1 Å². The minimum Gasteiger partial charge on any atom is -0.507 e. The van der Waals surface area contributed by atoms with Gasteiger partial charge in [-0.1, -0.05) is 72.8 Å². The Hall–Kier alpha value is -3.80. The number of amides is 2. The summed E-state index contributed by atoms with van der Waals surface area (Å²) in [5.74, 6) is 0.0357. The van der Waals surface area contributed by atoms with E-state index in [1.54, 1.807) is 0 Å². The van der Waals surface area contributed by atoms with Gasteiger partial charge >= 0.3 is 6.09 Å². The highest BCUT2D eigenvalue weighted by Gasteiger charge is 2.25. The summed E-state index contributed by atoms with van der Waals surface area (Å²) in [7, 11) is 0. The molecular formula is C30H36N2O4. The molecule has 0 fully saturated rings. The number of phenolic OH excluding ortho intramolecular Hbond substituents is 1. The number of ether oxygens (including phenoxy) is 1. The van der Waals surface area contributed by atoms with Crippen LogP contribution in [0.2, 0.25) is 0 Å². The van der Waals surface area contributed by atoms with Crippen LogP contribution in [0, 0.1) is 0 Å². The molecule has 0 spiro atoms. The standard InChI is InChI=1S/C30H36N2O4/c1-29(2,3)36-28(35)32-30(4,5)19-22-12-9-11-21(17-22)18-26(33)31-20-24-15-10-16-25(27(24)34)23-13-7-6-8-14-23/h6-17,34H,18-20H2,1-5H3,(H,31,33)(H,32,35). The van der Waals surface area contributed by atoms with E-state index in [0.717, 1.165) is 22.3 Å². The fourth-order valence-corrected chi connectivity index (χ4v) is 4.01. The predicted octanol–water partition coefficient (Wildman–Crippen LogP) is 5.76. The number of nitrogens with one attached hydrogen (secondary N) is 2. The van der Waals surface area contributed by atoms with Crippen molar-refractivity contribution in [3.8, 4) is 16.9 Å². The van der Waals surface area contributed by atoms with Crippen LogP contribution in [0.15, 0.2) is 72.8 Å². The highest BCUT2D eigenvalue weighted by Crippen LogP contribution is 2.31. The molecule has 190 valence electrons. The number of rotatable bonds is 8. The number of hydrogen-bond donors (Lipinski definition) is 3. The molecule has 0 bridgehead atoms. The maximum Gasteiger partial charge on any atom is 0.408 e. The van der Waals surface area contributed by atoms with Gasteiger partial charge in [-0.05, 0) is 57.7 Å². The van der Waals surface area contributed by atoms with Crippen LogP contribution in [0.1, 0.15) is 51.3 Å². The van der Waals surface area contributed by atoms with Gasteiger partial charge in [-0.25, -0.2) is 4.79 Å². The van der Waals surface area contributed by atoms with E-state index in [1.807, 2.05) is 107 Å². The Morgan fingerprint density at radius 2 is 1.53 bits per heavy atom. The van der Waals surface area contributed by atoms with E-state index in [-0.39, 0.29) is 24.6 Å². The summed E-state index contributed by atoms with van der Waals surface area (Å²) in [6.45, 7) is 9.59. The highest BCUT2D eigenvalue weighted by atomic mass is 16.6. The molecular weight excluding hydrogens is 452 g/mol. The molecule has 0 aliphatic heterocycles. The summed E-state index contributed by atoms with van der Waals surface area (Å²) >= 11 is 0. The summed E-state index contributed by atoms with van der Waals surface area (Å²) in [5, 5.41) is 16.6. The number of hydrogen-bond acceptors (Lipinski definition) is 4. The van der Waals surface area contributed by atoms with E-state index in [1.165, 1.54) is 0 Å². The zero-order chi connectivity index (χ0) is 26.3. The van der Waals surface area contributed by atoms with Crippen molar-refractivity contribution in [1.29, 1.82) is 0 Å². The van der Waals surface area contributed by atoms with Crippen LogP contribution in [0.4, 0.5) is 4.79 Å². The molecule has 0 atom stereocenters. The van der Waals surface area contributed by atoms with E-state index in [2.05, 4.69) is 10.6 Å². The Labute approximate surface area is 213 Å². The monoisotopic (exact) mass is 488 g/mol. The first-order valence-corrected chi connectivity index (χ1v) is 12.1. The van der Waals surface area contributed by atoms with Crippen LogP contribution in [-0.4, -0.2) is 28.2 Å². The lowest BCUT2D eigenvalue weighted by Gasteiger charge is -2.29. The van der Waals surface area contributed by atoms with Gasteiger partial charge < -0.3 is 20.5 Å². The molecule has 0 unspecified atom stereocenters. The molecule has 6 heteroatoms. The third-order valence-corrected chi connectivity index (χ3v) is 5.52. The van der Waals surface area contributed by atoms with Gasteiger partial charge in [0, 0.05) is 23.2 Å². The van der Waals surface area contributed by atoms with Crippen LogP contribution in [0.5, 0.6) is 5.75 Å². The van der Waals surface area contributed by atoms with E-state index >= 15 is 0 Å². The van der Waals surface area contributed by atoms with Crippen molar-refractivity contribution < 1.29 is 19.4 Å². The van der Waals surface area contributed by atoms with Gasteiger partial charge in [0.2, 0.25) is 5.91 Å². The van der Waals surface area contributed by atoms with Gasteiger partial charge in [-0.3, -0.25) is 4.79 Å². The van der Waals surface area contributed by atoms with Gasteiger partial charge in [-0.15, -0.1) is 0 Å². The van der Waals surface area contributed by atoms with E-state index < -0.39 is 17.2 Å². The quantitative estimate of drug-likeness (QED) is 0.376. The van der Waals surface area contributed by atoms with Gasteiger partial charge in [0.15, 0.2) is 0 Å². The van der Waals surface area contributed by atoms with Crippen molar-refractivity contribution >= 4 is 12.0 Å². The topological polar surface area (TPSA) is 87.7 Å². The van der Waals surface area contributed by atoms with Gasteiger partial charge in [0.05, 0.1) is 6.42 Å². The number of para-hydroxylation sites is 1. The average Bonchev–Trinajstić information content (AvgIpc) is 2.77. The van der Waals surface area contributed by atoms with Crippen LogP contribution >= 0.6 is 0 Å². The zero-order valence-electron chi connectivity index (χ0n) is 21.7. The van der Waals surface area contributed by atoms with Crippen molar-refractivity contribution in [2.75, 3.05) is 0 Å². The minimum atomic E-state index is -0.562. The minimum absolute atomic E-state index is 0.136. The van der Waals surface area contributed by atoms with Crippen LogP contribution < -0.4 is 10.6 Å². The summed E-state index contributed by atoms with van der Waals surface area (Å²) in [5.41, 5.74) is 3.11. The molecule has 6 nitrogen and oxygen atoms in total. The molecule has 2 amide bonds. The molecule has 3 aromatic carbocycles. The number of phenols is 1. The summed E-state index contributed by atoms with van der Waals surface area (Å²) < 4.78 is 5.37. The first-order chi connectivity index (χ1) is 16.9. The fourth-order valence-electron chi connectivity index (χ4n) is 4.01. The maximum absolute atomic E-state index is 12.7. The first kappa shape index (κ1) is 26.8. The Balaban J connectivity index is 1.58. The van der Waals surface area contributed by atoms with Crippen molar-refractivity contribution in [3.63, 3.8) is 0 Å². The molecule has 3 N–H and O–H groups in total. The number of benzene rings is 3. The first-order valence-electron chi connectivity index (χ1n) is 12.1. The molecule has 0 aliphatic carbocycles. The molecule has 0 heterocycles. The molecule has 0 aliphatic rings. The van der Waals surface area contributed by atoms with E-state index in [0.29, 0.717) is 12.0 Å². The third-order valence-electron chi connectivity index (χ3n) is 5.52. The molecule has 0 saturated heterocycles. The van der Waals surface area contributed by atoms with E-state index in [9.17, 15) is 14.7 Å². The Kier molecular flexibility index (Phi) is 8.41. The van der Waals surface area contributed by atoms with Gasteiger partial charge in [0.25, 0.3) is 0 Å². The second-order valence-electron chi connectivity index (χ2n) is 10.6. The zero-order valence-corrected chi connectivity index (χ0v) is 21.7. The number of aromatic hydroxyl groups is 1. The fraction of sp³-hybridized carbons (Fsp3) is 0.333. The van der Waals surface area contributed by atoms with Crippen LogP contribution in [0.3, 0.4) is 0 Å². The molecule has 3 aromatic rings.